The van der Waals surface area contributed by atoms with Crippen molar-refractivity contribution in [1.29, 1.82) is 0 Å². The van der Waals surface area contributed by atoms with Crippen molar-refractivity contribution in [1.82, 2.24) is 24.9 Å². The van der Waals surface area contributed by atoms with Gasteiger partial charge in [-0.15, -0.1) is 114 Å². The maximum absolute atomic E-state index is 5.90. The number of fused-ring (bicyclic) bond motifs is 6. The van der Waals surface area contributed by atoms with Crippen molar-refractivity contribution in [3.05, 3.63) is 225 Å². The molecule has 12 rings (SSSR count). The first-order valence-electron chi connectivity index (χ1n) is 23.6. The summed E-state index contributed by atoms with van der Waals surface area (Å²) in [5.41, 5.74) is 13.2. The van der Waals surface area contributed by atoms with Crippen LogP contribution >= 0.6 is 0 Å². The topological polar surface area (TPSA) is 90.7 Å². The van der Waals surface area contributed by atoms with E-state index in [0.29, 0.717) is 0 Å². The number of aromatic nitrogens is 5. The molecule has 0 atom stereocenters. The van der Waals surface area contributed by atoms with Gasteiger partial charge in [-0.2, -0.15) is 0 Å². The fraction of sp³-hybridized carbons (Fsp3) is 0.113. The summed E-state index contributed by atoms with van der Waals surface area (Å²) < 4.78 is 11.8. The van der Waals surface area contributed by atoms with Gasteiger partial charge in [0.05, 0.1) is 32.8 Å². The van der Waals surface area contributed by atoms with Gasteiger partial charge in [0.15, 0.2) is 0 Å². The van der Waals surface area contributed by atoms with Gasteiger partial charge < -0.3 is 28.8 Å². The molecule has 12 aromatic rings. The van der Waals surface area contributed by atoms with Crippen LogP contribution in [0.4, 0.5) is 0 Å². The molecule has 0 unspecified atom stereocenters. The fourth-order valence-corrected chi connectivity index (χ4v) is 9.93. The first-order valence-corrected chi connectivity index (χ1v) is 30.6. The molecule has 0 spiro atoms. The minimum absolute atomic E-state index is 0. The SMILES string of the molecule is C[Si](C)(C)c1ccc(-c2[c-]cccc2)nc1.C[Si](C)(C)c1ccc(-c2[c-]cccc2)nc1.Cc1ccc2c(c1)oc1c[c-]c(-c3ccccn3)cc12.[Ir].[Ir].[c-]1ccc2c(oc3cccnc32)c1-c1ccccn1. The molecule has 0 N–H and O–H groups in total. The Hall–Kier alpha value is -6.82. The Morgan fingerprint density at radius 2 is 1.00 bits per heavy atom. The average molecular weight is 1340 g/mol. The van der Waals surface area contributed by atoms with E-state index in [1.54, 1.807) is 18.6 Å². The molecule has 0 amide bonds. The van der Waals surface area contributed by atoms with Crippen molar-refractivity contribution in [2.45, 2.75) is 46.2 Å². The zero-order chi connectivity index (χ0) is 49.4. The van der Waals surface area contributed by atoms with Crippen LogP contribution in [0, 0.1) is 31.2 Å². The summed E-state index contributed by atoms with van der Waals surface area (Å²) in [6.45, 7) is 16.1. The second-order valence-corrected chi connectivity index (χ2v) is 29.3. The van der Waals surface area contributed by atoms with Gasteiger partial charge >= 0.3 is 0 Å². The molecule has 0 aliphatic rings. The molecule has 11 heteroatoms. The molecule has 0 saturated carbocycles. The fourth-order valence-electron chi connectivity index (χ4n) is 7.86. The molecule has 0 bridgehead atoms. The van der Waals surface area contributed by atoms with E-state index in [2.05, 4.69) is 144 Å². The average Bonchev–Trinajstić information content (AvgIpc) is 3.97. The van der Waals surface area contributed by atoms with E-state index in [1.807, 2.05) is 128 Å². The van der Waals surface area contributed by atoms with E-state index < -0.39 is 16.1 Å². The number of pyridine rings is 5. The quantitative estimate of drug-likeness (QED) is 0.121. The molecule has 0 aliphatic heterocycles. The maximum Gasteiger partial charge on any atom is 0.139 e. The molecule has 0 aliphatic carbocycles. The number of aryl methyl sites for hydroxylation is 1. The molecule has 73 heavy (non-hydrogen) atoms. The van der Waals surface area contributed by atoms with Gasteiger partial charge in [0, 0.05) is 76.6 Å². The van der Waals surface area contributed by atoms with Crippen molar-refractivity contribution >= 4 is 70.5 Å². The van der Waals surface area contributed by atoms with E-state index in [4.69, 9.17) is 8.83 Å². The van der Waals surface area contributed by atoms with Gasteiger partial charge in [-0.1, -0.05) is 111 Å². The Morgan fingerprint density at radius 3 is 1.55 bits per heavy atom. The van der Waals surface area contributed by atoms with E-state index in [0.717, 1.165) is 89.0 Å². The number of nitrogens with zero attached hydrogens (tertiary/aromatic N) is 5. The molecule has 2 radical (unpaired) electrons. The third kappa shape index (κ3) is 13.2. The second-order valence-electron chi connectivity index (χ2n) is 19.1. The predicted molar refractivity (Wildman–Crippen MR) is 297 cm³/mol. The number of hydrogen-bond donors (Lipinski definition) is 0. The monoisotopic (exact) mass is 1340 g/mol. The van der Waals surface area contributed by atoms with Crippen molar-refractivity contribution in [3.8, 4) is 45.0 Å². The normalized spacial score (nSPS) is 11.0. The summed E-state index contributed by atoms with van der Waals surface area (Å²) in [7, 11) is -2.46. The Balaban J connectivity index is 0.000000142. The minimum atomic E-state index is -1.23. The molecule has 368 valence electrons. The Labute approximate surface area is 457 Å². The van der Waals surface area contributed by atoms with E-state index in [9.17, 15) is 0 Å². The van der Waals surface area contributed by atoms with Crippen LogP contribution in [0.1, 0.15) is 5.56 Å². The van der Waals surface area contributed by atoms with Gasteiger partial charge in [0.1, 0.15) is 11.2 Å². The van der Waals surface area contributed by atoms with E-state index in [-0.39, 0.29) is 40.2 Å². The van der Waals surface area contributed by atoms with Gasteiger partial charge in [0.25, 0.3) is 0 Å². The van der Waals surface area contributed by atoms with E-state index in [1.165, 1.54) is 15.9 Å². The molecule has 7 nitrogen and oxygen atoms in total. The summed E-state index contributed by atoms with van der Waals surface area (Å²) in [6, 6.07) is 66.9. The number of rotatable bonds is 6. The van der Waals surface area contributed by atoms with Crippen molar-refractivity contribution in [2.75, 3.05) is 0 Å². The summed E-state index contributed by atoms with van der Waals surface area (Å²) in [4.78, 5) is 22.1. The number of hydrogen-bond acceptors (Lipinski definition) is 7. The molecule has 0 saturated heterocycles. The van der Waals surface area contributed by atoms with Crippen LogP contribution in [-0.4, -0.2) is 41.1 Å². The Bertz CT molecular complexity index is 3570. The van der Waals surface area contributed by atoms with Crippen LogP contribution in [0.5, 0.6) is 0 Å². The third-order valence-corrected chi connectivity index (χ3v) is 15.9. The Kier molecular flexibility index (Phi) is 17.9. The zero-order valence-corrected chi connectivity index (χ0v) is 48.5. The summed E-state index contributed by atoms with van der Waals surface area (Å²) in [5.74, 6) is 0. The first kappa shape index (κ1) is 54.0. The van der Waals surface area contributed by atoms with Crippen LogP contribution < -0.4 is 10.4 Å². The van der Waals surface area contributed by atoms with Crippen LogP contribution in [0.25, 0.3) is 89.0 Å². The smallest absolute Gasteiger partial charge is 0.139 e. The van der Waals surface area contributed by atoms with Gasteiger partial charge in [-0.3, -0.25) is 4.98 Å². The van der Waals surface area contributed by atoms with E-state index >= 15 is 0 Å². The largest absolute Gasteiger partial charge is 0.500 e. The van der Waals surface area contributed by atoms with Crippen molar-refractivity contribution in [2.24, 2.45) is 0 Å². The molecule has 7 heterocycles. The van der Waals surface area contributed by atoms with Gasteiger partial charge in [0.2, 0.25) is 0 Å². The standard InChI is InChI=1S/C18H12NO.C16H9N2O.2C14H16NSi.2Ir/c1-12-5-7-14-15-11-13(16-4-2-3-9-19-16)6-8-17(15)20-18(14)10-12;1-2-9-17-13(7-1)11-5-3-6-12-15-14(19-16(11)12)8-4-10-18-15;2*1-16(2,3)13-9-10-14(15-11-13)12-7-5-4-6-8-12;;/h2-5,7-11H,1H3;1-4,6-10H;2*4-7,9-11H,1-3H3;;/q4*-1;;. The summed E-state index contributed by atoms with van der Waals surface area (Å²) in [5, 5.41) is 6.03. The number of furan rings is 2. The Morgan fingerprint density at radius 1 is 0.411 bits per heavy atom. The summed E-state index contributed by atoms with van der Waals surface area (Å²) >= 11 is 0. The van der Waals surface area contributed by atoms with Crippen molar-refractivity contribution < 1.29 is 49.0 Å². The van der Waals surface area contributed by atoms with Crippen LogP contribution in [-0.2, 0) is 40.2 Å². The molecular weight excluding hydrogens is 1290 g/mol. The second kappa shape index (κ2) is 24.3. The van der Waals surface area contributed by atoms with Gasteiger partial charge in [-0.05, 0) is 81.4 Å². The van der Waals surface area contributed by atoms with Crippen LogP contribution in [0.3, 0.4) is 0 Å². The molecule has 5 aromatic carbocycles. The minimum Gasteiger partial charge on any atom is -0.500 e. The maximum atomic E-state index is 5.90. The summed E-state index contributed by atoms with van der Waals surface area (Å²) in [6.07, 6.45) is 9.37. The van der Waals surface area contributed by atoms with Crippen LogP contribution in [0.2, 0.25) is 39.3 Å². The zero-order valence-electron chi connectivity index (χ0n) is 41.7. The molecule has 0 fully saturated rings. The third-order valence-electron chi connectivity index (χ3n) is 11.8. The van der Waals surface area contributed by atoms with Gasteiger partial charge in [-0.25, -0.2) is 0 Å². The molecular formula is C62H53Ir2N5O2Si2-4. The number of benzene rings is 5. The molecule has 7 aromatic heterocycles. The van der Waals surface area contributed by atoms with Crippen molar-refractivity contribution in [3.63, 3.8) is 0 Å². The predicted octanol–water partition coefficient (Wildman–Crippen LogP) is 14.8. The first-order chi connectivity index (χ1) is 34.4. The van der Waals surface area contributed by atoms with Crippen LogP contribution in [0.15, 0.2) is 204 Å².